The molecule has 1 aliphatic heterocycles. The topological polar surface area (TPSA) is 42.9 Å². The minimum Gasteiger partial charge on any atom is -0.493 e. The fourth-order valence-corrected chi connectivity index (χ4v) is 2.74. The van der Waals surface area contributed by atoms with E-state index in [1.165, 1.54) is 5.56 Å². The average molecular weight is 296 g/mol. The average Bonchev–Trinajstić information content (AvgIpc) is 2.72. The van der Waals surface area contributed by atoms with Crippen molar-refractivity contribution in [1.29, 1.82) is 0 Å². The predicted molar refractivity (Wildman–Crippen MR) is 87.9 cm³/mol. The molecule has 1 atom stereocenters. The Morgan fingerprint density at radius 3 is 2.41 bits per heavy atom. The summed E-state index contributed by atoms with van der Waals surface area (Å²) in [5, 5.41) is 4.62. The summed E-state index contributed by atoms with van der Waals surface area (Å²) in [5.41, 5.74) is 7.52. The molecule has 0 aliphatic carbocycles. The molecule has 4 nitrogen and oxygen atoms in total. The first-order valence-corrected chi connectivity index (χ1v) is 7.37. The summed E-state index contributed by atoms with van der Waals surface area (Å²) in [6.45, 7) is 2.12. The van der Waals surface area contributed by atoms with Gasteiger partial charge in [-0.1, -0.05) is 30.3 Å². The Hall–Kier alpha value is -2.49. The Morgan fingerprint density at radius 1 is 1.05 bits per heavy atom. The van der Waals surface area contributed by atoms with E-state index in [2.05, 4.69) is 35.7 Å². The largest absolute Gasteiger partial charge is 0.493 e. The van der Waals surface area contributed by atoms with Crippen molar-refractivity contribution in [3.05, 3.63) is 59.2 Å². The first kappa shape index (κ1) is 14.4. The molecular weight excluding hydrogens is 276 g/mol. The normalized spacial score (nSPS) is 16.9. The van der Waals surface area contributed by atoms with Gasteiger partial charge in [0.15, 0.2) is 11.5 Å². The number of nitrogens with zero attached hydrogens (tertiary/aromatic N) is 1. The standard InChI is InChI=1S/C18H20N2O2/c1-12-9-14-10-16(21-2)17(22-3)11-15(14)18(20-19-12)13-7-5-4-6-8-13/h4-8,10-12,19H,9H2,1-3H3/t12-/m0/s1. The Kier molecular flexibility index (Phi) is 4.00. The van der Waals surface area contributed by atoms with Gasteiger partial charge in [-0.25, -0.2) is 0 Å². The second-order valence-corrected chi connectivity index (χ2v) is 5.43. The van der Waals surface area contributed by atoms with Crippen LogP contribution >= 0.6 is 0 Å². The van der Waals surface area contributed by atoms with Gasteiger partial charge in [-0.15, -0.1) is 0 Å². The highest BCUT2D eigenvalue weighted by Gasteiger charge is 2.21. The van der Waals surface area contributed by atoms with Crippen LogP contribution in [0, 0.1) is 0 Å². The third-order valence-electron chi connectivity index (χ3n) is 3.83. The summed E-state index contributed by atoms with van der Waals surface area (Å²) >= 11 is 0. The molecule has 4 heteroatoms. The third-order valence-corrected chi connectivity index (χ3v) is 3.83. The highest BCUT2D eigenvalue weighted by atomic mass is 16.5. The second kappa shape index (κ2) is 6.10. The zero-order chi connectivity index (χ0) is 15.5. The van der Waals surface area contributed by atoms with Gasteiger partial charge in [-0.05, 0) is 31.0 Å². The molecular formula is C18H20N2O2. The van der Waals surface area contributed by atoms with E-state index in [9.17, 15) is 0 Å². The van der Waals surface area contributed by atoms with E-state index in [0.717, 1.165) is 34.8 Å². The van der Waals surface area contributed by atoms with Gasteiger partial charge >= 0.3 is 0 Å². The van der Waals surface area contributed by atoms with Crippen molar-refractivity contribution < 1.29 is 9.47 Å². The van der Waals surface area contributed by atoms with Crippen LogP contribution in [-0.2, 0) is 6.42 Å². The van der Waals surface area contributed by atoms with Gasteiger partial charge in [0.1, 0.15) is 0 Å². The SMILES string of the molecule is COc1cc2c(cc1OC)C(c1ccccc1)=NN[C@@H](C)C2. The second-order valence-electron chi connectivity index (χ2n) is 5.43. The molecule has 1 aliphatic rings. The fourth-order valence-electron chi connectivity index (χ4n) is 2.74. The van der Waals surface area contributed by atoms with Crippen LogP contribution in [0.25, 0.3) is 0 Å². The molecule has 2 aromatic rings. The highest BCUT2D eigenvalue weighted by Crippen LogP contribution is 2.33. The Bertz CT molecular complexity index is 696. The van der Waals surface area contributed by atoms with Crippen molar-refractivity contribution in [1.82, 2.24) is 5.43 Å². The van der Waals surface area contributed by atoms with E-state index in [1.54, 1.807) is 14.2 Å². The number of ether oxygens (including phenoxy) is 2. The van der Waals surface area contributed by atoms with Crippen LogP contribution in [0.15, 0.2) is 47.6 Å². The molecule has 114 valence electrons. The van der Waals surface area contributed by atoms with Gasteiger partial charge in [-0.2, -0.15) is 5.10 Å². The zero-order valence-electron chi connectivity index (χ0n) is 13.1. The van der Waals surface area contributed by atoms with Gasteiger partial charge < -0.3 is 14.9 Å². The Balaban J connectivity index is 2.18. The molecule has 2 aromatic carbocycles. The number of nitrogens with one attached hydrogen (secondary N) is 1. The maximum absolute atomic E-state index is 5.45. The van der Waals surface area contributed by atoms with Gasteiger partial charge in [-0.3, -0.25) is 0 Å². The van der Waals surface area contributed by atoms with Gasteiger partial charge in [0.25, 0.3) is 0 Å². The molecule has 0 radical (unpaired) electrons. The lowest BCUT2D eigenvalue weighted by atomic mass is 9.94. The Morgan fingerprint density at radius 2 is 1.73 bits per heavy atom. The van der Waals surface area contributed by atoms with E-state index in [0.29, 0.717) is 0 Å². The highest BCUT2D eigenvalue weighted by molar-refractivity contribution is 6.14. The van der Waals surface area contributed by atoms with E-state index < -0.39 is 0 Å². The summed E-state index contributed by atoms with van der Waals surface area (Å²) in [6.07, 6.45) is 0.884. The number of fused-ring (bicyclic) bond motifs is 1. The number of hydrazone groups is 1. The molecule has 3 rings (SSSR count). The molecule has 1 N–H and O–H groups in total. The number of rotatable bonds is 3. The maximum Gasteiger partial charge on any atom is 0.161 e. The number of hydrogen-bond donors (Lipinski definition) is 1. The van der Waals surface area contributed by atoms with Crippen LogP contribution < -0.4 is 14.9 Å². The molecule has 0 aromatic heterocycles. The van der Waals surface area contributed by atoms with Crippen molar-refractivity contribution in [2.24, 2.45) is 5.10 Å². The molecule has 0 bridgehead atoms. The zero-order valence-corrected chi connectivity index (χ0v) is 13.1. The quantitative estimate of drug-likeness (QED) is 0.947. The van der Waals surface area contributed by atoms with Crippen LogP contribution in [0.4, 0.5) is 0 Å². The summed E-state index contributed by atoms with van der Waals surface area (Å²) in [6, 6.07) is 14.5. The molecule has 0 saturated heterocycles. The van der Waals surface area contributed by atoms with Gasteiger partial charge in [0.05, 0.1) is 19.9 Å². The van der Waals surface area contributed by atoms with Crippen LogP contribution in [-0.4, -0.2) is 26.0 Å². The lowest BCUT2D eigenvalue weighted by molar-refractivity contribution is 0.354. The fraction of sp³-hybridized carbons (Fsp3) is 0.278. The minimum absolute atomic E-state index is 0.262. The molecule has 0 amide bonds. The summed E-state index contributed by atoms with van der Waals surface area (Å²) < 4.78 is 10.9. The van der Waals surface area contributed by atoms with Crippen molar-refractivity contribution in [3.63, 3.8) is 0 Å². The third kappa shape index (κ3) is 2.64. The minimum atomic E-state index is 0.262. The number of benzene rings is 2. The van der Waals surface area contributed by atoms with E-state index in [-0.39, 0.29) is 6.04 Å². The lowest BCUT2D eigenvalue weighted by Crippen LogP contribution is -2.21. The molecule has 0 saturated carbocycles. The van der Waals surface area contributed by atoms with Crippen LogP contribution in [0.2, 0.25) is 0 Å². The summed E-state index contributed by atoms with van der Waals surface area (Å²) in [5.74, 6) is 1.47. The van der Waals surface area contributed by atoms with Crippen LogP contribution in [0.1, 0.15) is 23.6 Å². The van der Waals surface area contributed by atoms with E-state index in [4.69, 9.17) is 9.47 Å². The Labute approximate surface area is 130 Å². The predicted octanol–water partition coefficient (Wildman–Crippen LogP) is 2.99. The van der Waals surface area contributed by atoms with E-state index in [1.807, 2.05) is 24.3 Å². The van der Waals surface area contributed by atoms with Crippen molar-refractivity contribution in [2.45, 2.75) is 19.4 Å². The number of hydrogen-bond acceptors (Lipinski definition) is 4. The first-order valence-electron chi connectivity index (χ1n) is 7.37. The number of methoxy groups -OCH3 is 2. The van der Waals surface area contributed by atoms with Crippen molar-refractivity contribution in [3.8, 4) is 11.5 Å². The van der Waals surface area contributed by atoms with Gasteiger partial charge in [0.2, 0.25) is 0 Å². The first-order chi connectivity index (χ1) is 10.7. The summed E-state index contributed by atoms with van der Waals surface area (Å²) in [4.78, 5) is 0. The monoisotopic (exact) mass is 296 g/mol. The van der Waals surface area contributed by atoms with Gasteiger partial charge in [0, 0.05) is 17.2 Å². The van der Waals surface area contributed by atoms with Crippen LogP contribution in [0.5, 0.6) is 11.5 Å². The maximum atomic E-state index is 5.45. The molecule has 0 fully saturated rings. The molecule has 0 unspecified atom stereocenters. The molecule has 0 spiro atoms. The summed E-state index contributed by atoms with van der Waals surface area (Å²) in [7, 11) is 3.32. The smallest absolute Gasteiger partial charge is 0.161 e. The molecule has 22 heavy (non-hydrogen) atoms. The van der Waals surface area contributed by atoms with Crippen molar-refractivity contribution in [2.75, 3.05) is 14.2 Å². The molecule has 1 heterocycles. The lowest BCUT2D eigenvalue weighted by Gasteiger charge is -2.15. The van der Waals surface area contributed by atoms with E-state index >= 15 is 0 Å². The van der Waals surface area contributed by atoms with Crippen molar-refractivity contribution >= 4 is 5.71 Å². The van der Waals surface area contributed by atoms with Crippen LogP contribution in [0.3, 0.4) is 0 Å².